The molecule has 0 amide bonds. The van der Waals surface area contributed by atoms with Crippen LogP contribution in [0.3, 0.4) is 0 Å². The number of nitrogens with zero attached hydrogens (tertiary/aromatic N) is 1. The minimum Gasteiger partial charge on any atom is -0.496 e. The number of para-hydroxylation sites is 1. The van der Waals surface area contributed by atoms with Crippen LogP contribution in [0.25, 0.3) is 0 Å². The topological polar surface area (TPSA) is 58.6 Å². The number of piperazine rings is 1. The average Bonchev–Trinajstić information content (AvgIpc) is 2.67. The number of aryl methyl sites for hydroxylation is 1. The number of hydrogen-bond donors (Lipinski definition) is 1. The molecule has 0 spiro atoms. The Labute approximate surface area is 161 Å². The minimum atomic E-state index is -3.37. The largest absolute Gasteiger partial charge is 0.496 e. The van der Waals surface area contributed by atoms with Crippen molar-refractivity contribution in [3.8, 4) is 5.75 Å². The molecule has 1 heterocycles. The normalized spacial score (nSPS) is 18.1. The van der Waals surface area contributed by atoms with Gasteiger partial charge in [0.1, 0.15) is 5.75 Å². The Morgan fingerprint density at radius 2 is 1.81 bits per heavy atom. The van der Waals surface area contributed by atoms with Gasteiger partial charge in [-0.2, -0.15) is 4.31 Å². The summed E-state index contributed by atoms with van der Waals surface area (Å²) in [7, 11) is -1.75. The Morgan fingerprint density at radius 3 is 2.54 bits per heavy atom. The molecule has 0 radical (unpaired) electrons. The highest BCUT2D eigenvalue weighted by molar-refractivity contribution is 7.89. The van der Waals surface area contributed by atoms with E-state index in [0.29, 0.717) is 26.1 Å². The van der Waals surface area contributed by atoms with Crippen molar-refractivity contribution in [1.29, 1.82) is 0 Å². The molecule has 2 aromatic rings. The number of nitrogens with one attached hydrogen (secondary N) is 1. The molecule has 26 heavy (non-hydrogen) atoms. The smallest absolute Gasteiger partial charge is 0.215 e. The molecule has 3 rings (SSSR count). The van der Waals surface area contributed by atoms with E-state index in [1.807, 2.05) is 54.6 Å². The van der Waals surface area contributed by atoms with Gasteiger partial charge in [-0.15, -0.1) is 12.4 Å². The lowest BCUT2D eigenvalue weighted by Crippen LogP contribution is -2.49. The molecule has 1 atom stereocenters. The van der Waals surface area contributed by atoms with Gasteiger partial charge in [0, 0.05) is 25.2 Å². The van der Waals surface area contributed by atoms with Crippen molar-refractivity contribution in [2.45, 2.75) is 12.5 Å². The molecule has 1 aliphatic rings. The van der Waals surface area contributed by atoms with Crippen LogP contribution in [0.15, 0.2) is 54.6 Å². The molecule has 0 bridgehead atoms. The molecule has 1 N–H and O–H groups in total. The zero-order valence-electron chi connectivity index (χ0n) is 14.8. The molecule has 1 unspecified atom stereocenters. The van der Waals surface area contributed by atoms with Crippen molar-refractivity contribution < 1.29 is 13.2 Å². The van der Waals surface area contributed by atoms with E-state index >= 15 is 0 Å². The van der Waals surface area contributed by atoms with Gasteiger partial charge < -0.3 is 10.1 Å². The second-order valence-corrected chi connectivity index (χ2v) is 8.17. The number of ether oxygens (including phenoxy) is 1. The van der Waals surface area contributed by atoms with Crippen molar-refractivity contribution in [3.05, 3.63) is 65.7 Å². The van der Waals surface area contributed by atoms with Gasteiger partial charge in [0.2, 0.25) is 10.0 Å². The van der Waals surface area contributed by atoms with Crippen LogP contribution in [0.4, 0.5) is 0 Å². The second kappa shape index (κ2) is 9.37. The summed E-state index contributed by atoms with van der Waals surface area (Å²) in [6.07, 6.45) is 0.520. The van der Waals surface area contributed by atoms with E-state index in [2.05, 4.69) is 5.32 Å². The number of hydrogen-bond acceptors (Lipinski definition) is 4. The Kier molecular flexibility index (Phi) is 7.46. The molecule has 5 nitrogen and oxygen atoms in total. The summed E-state index contributed by atoms with van der Waals surface area (Å²) in [4.78, 5) is 0. The van der Waals surface area contributed by atoms with Crippen molar-refractivity contribution >= 4 is 22.4 Å². The van der Waals surface area contributed by atoms with Gasteiger partial charge >= 0.3 is 0 Å². The van der Waals surface area contributed by atoms with Crippen LogP contribution >= 0.6 is 12.4 Å². The summed E-state index contributed by atoms with van der Waals surface area (Å²) in [6, 6.07) is 17.1. The van der Waals surface area contributed by atoms with Gasteiger partial charge in [0.05, 0.1) is 18.9 Å². The molecular formula is C19H25ClN2O3S. The Balaban J connectivity index is 0.00000243. The predicted octanol–water partition coefficient (Wildman–Crippen LogP) is 2.64. The van der Waals surface area contributed by atoms with Crippen LogP contribution in [0, 0.1) is 0 Å². The van der Waals surface area contributed by atoms with E-state index in [1.54, 1.807) is 11.4 Å². The predicted molar refractivity (Wildman–Crippen MR) is 106 cm³/mol. The standard InChI is InChI=1S/C19H24N2O3S.ClH/c1-24-19-10-6-5-9-17(19)18-15-20-12-13-21(18)25(22,23)14-11-16-7-3-2-4-8-16;/h2-10,18,20H,11-15H2,1H3;1H. The molecule has 2 aromatic carbocycles. The highest BCUT2D eigenvalue weighted by Gasteiger charge is 2.34. The summed E-state index contributed by atoms with van der Waals surface area (Å²) in [5, 5.41) is 3.30. The van der Waals surface area contributed by atoms with E-state index in [4.69, 9.17) is 4.74 Å². The second-order valence-electron chi connectivity index (χ2n) is 6.12. The van der Waals surface area contributed by atoms with E-state index in [1.165, 1.54) is 0 Å². The molecule has 7 heteroatoms. The number of benzene rings is 2. The molecule has 1 saturated heterocycles. The lowest BCUT2D eigenvalue weighted by atomic mass is 10.0. The first kappa shape index (κ1) is 20.7. The lowest BCUT2D eigenvalue weighted by Gasteiger charge is -2.36. The molecule has 142 valence electrons. The van der Waals surface area contributed by atoms with E-state index in [-0.39, 0.29) is 24.2 Å². The highest BCUT2D eigenvalue weighted by Crippen LogP contribution is 2.32. The number of methoxy groups -OCH3 is 1. The minimum absolute atomic E-state index is 0. The molecule has 0 aliphatic carbocycles. The Bertz CT molecular complexity index is 799. The molecule has 0 aromatic heterocycles. The summed E-state index contributed by atoms with van der Waals surface area (Å²) in [5.41, 5.74) is 1.94. The van der Waals surface area contributed by atoms with Gasteiger partial charge in [0.15, 0.2) is 0 Å². The maximum atomic E-state index is 13.0. The molecule has 0 saturated carbocycles. The fraction of sp³-hybridized carbons (Fsp3) is 0.368. The zero-order valence-corrected chi connectivity index (χ0v) is 16.4. The van der Waals surface area contributed by atoms with Crippen molar-refractivity contribution in [1.82, 2.24) is 9.62 Å². The molecule has 1 fully saturated rings. The summed E-state index contributed by atoms with van der Waals surface area (Å²) in [6.45, 7) is 1.72. The third-order valence-electron chi connectivity index (χ3n) is 4.54. The van der Waals surface area contributed by atoms with E-state index in [9.17, 15) is 8.42 Å². The maximum absolute atomic E-state index is 13.0. The zero-order chi connectivity index (χ0) is 17.7. The Hall–Kier alpha value is -1.60. The van der Waals surface area contributed by atoms with Crippen molar-refractivity contribution in [3.63, 3.8) is 0 Å². The fourth-order valence-electron chi connectivity index (χ4n) is 3.23. The fourth-order valence-corrected chi connectivity index (χ4v) is 4.91. The van der Waals surface area contributed by atoms with Crippen LogP contribution in [0.5, 0.6) is 5.75 Å². The van der Waals surface area contributed by atoms with Gasteiger partial charge in [-0.05, 0) is 18.1 Å². The monoisotopic (exact) mass is 396 g/mol. The van der Waals surface area contributed by atoms with Crippen LogP contribution in [-0.4, -0.2) is 45.2 Å². The summed E-state index contributed by atoms with van der Waals surface area (Å²) < 4.78 is 33.1. The SMILES string of the molecule is COc1ccccc1C1CNCCN1S(=O)(=O)CCc1ccccc1.Cl. The molecular weight excluding hydrogens is 372 g/mol. The van der Waals surface area contributed by atoms with Gasteiger partial charge in [-0.25, -0.2) is 8.42 Å². The first-order valence-corrected chi connectivity index (χ1v) is 10.1. The third-order valence-corrected chi connectivity index (χ3v) is 6.41. The van der Waals surface area contributed by atoms with Crippen LogP contribution in [0.2, 0.25) is 0 Å². The first-order valence-electron chi connectivity index (χ1n) is 8.49. The van der Waals surface area contributed by atoms with Gasteiger partial charge in [-0.3, -0.25) is 0 Å². The summed E-state index contributed by atoms with van der Waals surface area (Å²) >= 11 is 0. The summed E-state index contributed by atoms with van der Waals surface area (Å²) in [5.74, 6) is 0.835. The molecule has 1 aliphatic heterocycles. The van der Waals surface area contributed by atoms with Gasteiger partial charge in [0.25, 0.3) is 0 Å². The third kappa shape index (κ3) is 4.76. The number of halogens is 1. The number of sulfonamides is 1. The van der Waals surface area contributed by atoms with E-state index in [0.717, 1.165) is 16.9 Å². The van der Waals surface area contributed by atoms with Crippen LogP contribution < -0.4 is 10.1 Å². The van der Waals surface area contributed by atoms with Crippen LogP contribution in [0.1, 0.15) is 17.2 Å². The quantitative estimate of drug-likeness (QED) is 0.815. The maximum Gasteiger partial charge on any atom is 0.215 e. The number of rotatable bonds is 6. The van der Waals surface area contributed by atoms with E-state index < -0.39 is 10.0 Å². The average molecular weight is 397 g/mol. The Morgan fingerprint density at radius 1 is 1.12 bits per heavy atom. The van der Waals surface area contributed by atoms with Crippen molar-refractivity contribution in [2.75, 3.05) is 32.5 Å². The first-order chi connectivity index (χ1) is 12.1. The van der Waals surface area contributed by atoms with Gasteiger partial charge in [-0.1, -0.05) is 48.5 Å². The lowest BCUT2D eigenvalue weighted by molar-refractivity contribution is 0.264. The highest BCUT2D eigenvalue weighted by atomic mass is 35.5. The van der Waals surface area contributed by atoms with Crippen LogP contribution in [-0.2, 0) is 16.4 Å². The van der Waals surface area contributed by atoms with Crippen molar-refractivity contribution in [2.24, 2.45) is 0 Å².